The maximum absolute atomic E-state index is 13.7. The van der Waals surface area contributed by atoms with Crippen LogP contribution in [0.4, 0.5) is 9.18 Å². The Balaban J connectivity index is 1.80. The van der Waals surface area contributed by atoms with Gasteiger partial charge in [-0.2, -0.15) is 0 Å². The van der Waals surface area contributed by atoms with Gasteiger partial charge in [-0.15, -0.1) is 0 Å². The van der Waals surface area contributed by atoms with Crippen LogP contribution in [0.5, 0.6) is 0 Å². The Kier molecular flexibility index (Phi) is 7.31. The van der Waals surface area contributed by atoms with Gasteiger partial charge in [-0.1, -0.05) is 48.0 Å². The van der Waals surface area contributed by atoms with E-state index in [0.717, 1.165) is 5.56 Å². The summed E-state index contributed by atoms with van der Waals surface area (Å²) in [5.41, 5.74) is 0.846. The lowest BCUT2D eigenvalue weighted by Crippen LogP contribution is -2.44. The molecule has 8 heteroatoms. The average molecular weight is 393 g/mol. The Morgan fingerprint density at radius 1 is 1.11 bits per heavy atom. The van der Waals surface area contributed by atoms with Gasteiger partial charge in [0.05, 0.1) is 6.42 Å². The van der Waals surface area contributed by atoms with Gasteiger partial charge in [0.1, 0.15) is 5.82 Å². The lowest BCUT2D eigenvalue weighted by atomic mass is 10.1. The molecular weight excluding hydrogens is 375 g/mol. The van der Waals surface area contributed by atoms with Gasteiger partial charge < -0.3 is 10.1 Å². The van der Waals surface area contributed by atoms with E-state index >= 15 is 0 Å². The topological polar surface area (TPSA) is 84.5 Å². The Morgan fingerprint density at radius 2 is 1.81 bits per heavy atom. The molecule has 1 atom stereocenters. The van der Waals surface area contributed by atoms with Gasteiger partial charge >= 0.3 is 12.0 Å². The molecule has 0 aliphatic carbocycles. The molecule has 0 saturated carbocycles. The van der Waals surface area contributed by atoms with Crippen molar-refractivity contribution in [1.82, 2.24) is 10.6 Å². The summed E-state index contributed by atoms with van der Waals surface area (Å²) >= 11 is 5.85. The zero-order valence-electron chi connectivity index (χ0n) is 14.5. The molecule has 0 fully saturated rings. The van der Waals surface area contributed by atoms with Crippen LogP contribution in [0, 0.1) is 5.82 Å². The number of imide groups is 1. The lowest BCUT2D eigenvalue weighted by Gasteiger charge is -2.14. The summed E-state index contributed by atoms with van der Waals surface area (Å²) in [6, 6.07) is 12.4. The third-order valence-electron chi connectivity index (χ3n) is 3.59. The highest BCUT2D eigenvalue weighted by Crippen LogP contribution is 2.19. The first kappa shape index (κ1) is 20.4. The molecule has 2 aromatic carbocycles. The number of hydrogen-bond donors (Lipinski definition) is 2. The van der Waals surface area contributed by atoms with E-state index < -0.39 is 36.2 Å². The zero-order chi connectivity index (χ0) is 19.8. The summed E-state index contributed by atoms with van der Waals surface area (Å²) in [5, 5.41) is 4.68. The van der Waals surface area contributed by atoms with Crippen LogP contribution in [0.1, 0.15) is 18.1 Å². The molecule has 0 aliphatic rings. The second-order valence-electron chi connectivity index (χ2n) is 5.67. The summed E-state index contributed by atoms with van der Waals surface area (Å²) in [5.74, 6) is -2.28. The number of carbonyl (C=O) groups excluding carboxylic acids is 3. The average Bonchev–Trinajstić information content (AvgIpc) is 2.64. The van der Waals surface area contributed by atoms with E-state index in [-0.39, 0.29) is 17.1 Å². The lowest BCUT2D eigenvalue weighted by molar-refractivity contribution is -0.153. The van der Waals surface area contributed by atoms with Crippen LogP contribution in [-0.4, -0.2) is 24.0 Å². The van der Waals surface area contributed by atoms with Gasteiger partial charge in [0, 0.05) is 17.1 Å². The minimum Gasteiger partial charge on any atom is -0.452 e. The maximum Gasteiger partial charge on any atom is 0.321 e. The van der Waals surface area contributed by atoms with E-state index in [1.165, 1.54) is 25.1 Å². The van der Waals surface area contributed by atoms with Crippen molar-refractivity contribution in [3.05, 3.63) is 70.5 Å². The largest absolute Gasteiger partial charge is 0.452 e. The van der Waals surface area contributed by atoms with Crippen molar-refractivity contribution in [1.29, 1.82) is 0 Å². The van der Waals surface area contributed by atoms with Crippen molar-refractivity contribution >= 4 is 29.5 Å². The third-order valence-corrected chi connectivity index (χ3v) is 3.95. The van der Waals surface area contributed by atoms with Crippen molar-refractivity contribution in [2.24, 2.45) is 0 Å². The first-order valence-corrected chi connectivity index (χ1v) is 8.49. The molecule has 2 rings (SSSR count). The second kappa shape index (κ2) is 9.68. The quantitative estimate of drug-likeness (QED) is 0.740. The third kappa shape index (κ3) is 6.38. The van der Waals surface area contributed by atoms with Crippen LogP contribution < -0.4 is 10.6 Å². The van der Waals surface area contributed by atoms with E-state index in [9.17, 15) is 18.8 Å². The highest BCUT2D eigenvalue weighted by Gasteiger charge is 2.21. The number of amides is 3. The molecule has 0 saturated heterocycles. The van der Waals surface area contributed by atoms with Crippen LogP contribution in [-0.2, 0) is 27.3 Å². The van der Waals surface area contributed by atoms with Crippen LogP contribution >= 0.6 is 11.6 Å². The molecular formula is C19H18ClFN2O4. The van der Waals surface area contributed by atoms with E-state index in [1.807, 2.05) is 30.3 Å². The Labute approximate surface area is 160 Å². The van der Waals surface area contributed by atoms with Crippen LogP contribution in [0.3, 0.4) is 0 Å². The number of nitrogens with one attached hydrogen (secondary N) is 2. The van der Waals surface area contributed by atoms with Crippen LogP contribution in [0.2, 0.25) is 5.02 Å². The highest BCUT2D eigenvalue weighted by atomic mass is 35.5. The predicted molar refractivity (Wildman–Crippen MR) is 97.5 cm³/mol. The Morgan fingerprint density at radius 3 is 2.48 bits per heavy atom. The summed E-state index contributed by atoms with van der Waals surface area (Å²) < 4.78 is 18.6. The van der Waals surface area contributed by atoms with Crippen molar-refractivity contribution in [2.45, 2.75) is 26.0 Å². The summed E-state index contributed by atoms with van der Waals surface area (Å²) in [4.78, 5) is 35.6. The normalized spacial score (nSPS) is 11.4. The van der Waals surface area contributed by atoms with Gasteiger partial charge in [-0.05, 0) is 24.6 Å². The minimum atomic E-state index is -1.23. The monoisotopic (exact) mass is 392 g/mol. The summed E-state index contributed by atoms with van der Waals surface area (Å²) in [6.45, 7) is 1.54. The number of hydrogen-bond acceptors (Lipinski definition) is 4. The van der Waals surface area contributed by atoms with Crippen LogP contribution in [0.15, 0.2) is 48.5 Å². The van der Waals surface area contributed by atoms with Gasteiger partial charge in [0.25, 0.3) is 5.91 Å². The molecule has 27 heavy (non-hydrogen) atoms. The highest BCUT2D eigenvalue weighted by molar-refractivity contribution is 6.31. The number of benzene rings is 2. The fourth-order valence-electron chi connectivity index (χ4n) is 2.17. The first-order chi connectivity index (χ1) is 12.9. The number of ether oxygens (including phenoxy) is 1. The van der Waals surface area contributed by atoms with Crippen molar-refractivity contribution in [3.63, 3.8) is 0 Å². The molecule has 0 aromatic heterocycles. The Hall–Kier alpha value is -2.93. The molecule has 6 nitrogen and oxygen atoms in total. The van der Waals surface area contributed by atoms with Crippen molar-refractivity contribution in [3.8, 4) is 0 Å². The Bertz CT molecular complexity index is 809. The molecule has 0 bridgehead atoms. The standard InChI is InChI=1S/C19H18ClFN2O4/c1-12(27-17(24)10-14-15(20)8-5-9-16(14)21)18(25)23-19(26)22-11-13-6-3-2-4-7-13/h2-9,12H,10-11H2,1H3,(H2,22,23,25,26). The van der Waals surface area contributed by atoms with Crippen molar-refractivity contribution < 1.29 is 23.5 Å². The predicted octanol–water partition coefficient (Wildman–Crippen LogP) is 2.98. The molecule has 142 valence electrons. The molecule has 0 heterocycles. The molecule has 0 aliphatic heterocycles. The van der Waals surface area contributed by atoms with E-state index in [1.54, 1.807) is 0 Å². The van der Waals surface area contributed by atoms with E-state index in [4.69, 9.17) is 16.3 Å². The fraction of sp³-hybridized carbons (Fsp3) is 0.211. The number of carbonyl (C=O) groups is 3. The number of esters is 1. The molecule has 3 amide bonds. The van der Waals surface area contributed by atoms with Crippen molar-refractivity contribution in [2.75, 3.05) is 0 Å². The molecule has 1 unspecified atom stereocenters. The van der Waals surface area contributed by atoms with Crippen LogP contribution in [0.25, 0.3) is 0 Å². The molecule has 0 radical (unpaired) electrons. The smallest absolute Gasteiger partial charge is 0.321 e. The maximum atomic E-state index is 13.7. The zero-order valence-corrected chi connectivity index (χ0v) is 15.3. The van der Waals surface area contributed by atoms with Gasteiger partial charge in [-0.25, -0.2) is 9.18 Å². The van der Waals surface area contributed by atoms with Gasteiger partial charge in [0.2, 0.25) is 0 Å². The van der Waals surface area contributed by atoms with E-state index in [0.29, 0.717) is 0 Å². The molecule has 0 spiro atoms. The summed E-state index contributed by atoms with van der Waals surface area (Å²) in [7, 11) is 0. The number of urea groups is 1. The van der Waals surface area contributed by atoms with Gasteiger partial charge in [0.15, 0.2) is 6.10 Å². The summed E-state index contributed by atoms with van der Waals surface area (Å²) in [6.07, 6.45) is -1.66. The molecule has 2 N–H and O–H groups in total. The van der Waals surface area contributed by atoms with E-state index in [2.05, 4.69) is 10.6 Å². The minimum absolute atomic E-state index is 0.0163. The second-order valence-corrected chi connectivity index (χ2v) is 6.07. The molecule has 2 aromatic rings. The first-order valence-electron chi connectivity index (χ1n) is 8.12. The SMILES string of the molecule is CC(OC(=O)Cc1c(F)cccc1Cl)C(=O)NC(=O)NCc1ccccc1. The number of halogens is 2. The number of rotatable bonds is 6. The van der Waals surface area contributed by atoms with Gasteiger partial charge in [-0.3, -0.25) is 14.9 Å². The fourth-order valence-corrected chi connectivity index (χ4v) is 2.40.